The molecule has 0 aliphatic heterocycles. The lowest BCUT2D eigenvalue weighted by Crippen LogP contribution is -2.06. The van der Waals surface area contributed by atoms with Crippen molar-refractivity contribution < 1.29 is 30.0 Å². The van der Waals surface area contributed by atoms with Gasteiger partial charge in [0.15, 0.2) is 0 Å². The molecule has 0 saturated heterocycles. The van der Waals surface area contributed by atoms with Gasteiger partial charge in [-0.1, -0.05) is 6.92 Å². The lowest BCUT2D eigenvalue weighted by molar-refractivity contribution is -0.140. The fraction of sp³-hybridized carbons (Fsp3) is 0.778. The topological polar surface area (TPSA) is 115 Å². The number of hydrogen-bond donors (Lipinski definition) is 4. The summed E-state index contributed by atoms with van der Waals surface area (Å²) >= 11 is 0. The third kappa shape index (κ3) is 19.3. The molecule has 0 aliphatic rings. The Morgan fingerprint density at radius 2 is 1.53 bits per heavy atom. The summed E-state index contributed by atoms with van der Waals surface area (Å²) in [7, 11) is 0. The second-order valence-corrected chi connectivity index (χ2v) is 3.08. The highest BCUT2D eigenvalue weighted by molar-refractivity contribution is 5.68. The van der Waals surface area contributed by atoms with Gasteiger partial charge in [-0.15, -0.1) is 0 Å². The molecule has 0 fully saturated rings. The largest absolute Gasteiger partial charge is 0.481 e. The molecular weight excluding hydrogens is 204 g/mol. The highest BCUT2D eigenvalue weighted by Crippen LogP contribution is 2.09. The molecule has 4 N–H and O–H groups in total. The molecule has 15 heavy (non-hydrogen) atoms. The molecule has 6 heteroatoms. The molecule has 1 atom stereocenters. The predicted octanol–water partition coefficient (Wildman–Crippen LogP) is -0.0670. The SMILES string of the molecule is CC(CCC(=O)O)CC(=O)O.OCCO. The van der Waals surface area contributed by atoms with Crippen molar-refractivity contribution in [3.63, 3.8) is 0 Å². The first-order chi connectivity index (χ1) is 6.93. The molecular formula is C9H18O6. The Morgan fingerprint density at radius 3 is 1.80 bits per heavy atom. The molecule has 0 bridgehead atoms. The smallest absolute Gasteiger partial charge is 0.303 e. The monoisotopic (exact) mass is 222 g/mol. The molecule has 0 aromatic carbocycles. The van der Waals surface area contributed by atoms with Crippen molar-refractivity contribution in [2.24, 2.45) is 5.92 Å². The maximum absolute atomic E-state index is 10.1. The van der Waals surface area contributed by atoms with Crippen LogP contribution in [0.25, 0.3) is 0 Å². The van der Waals surface area contributed by atoms with Gasteiger partial charge >= 0.3 is 11.9 Å². The van der Waals surface area contributed by atoms with E-state index in [1.54, 1.807) is 6.92 Å². The first-order valence-corrected chi connectivity index (χ1v) is 4.59. The molecule has 0 rings (SSSR count). The summed E-state index contributed by atoms with van der Waals surface area (Å²) in [6.45, 7) is 1.48. The van der Waals surface area contributed by atoms with Gasteiger partial charge in [0.05, 0.1) is 13.2 Å². The summed E-state index contributed by atoms with van der Waals surface area (Å²) in [5.41, 5.74) is 0. The summed E-state index contributed by atoms with van der Waals surface area (Å²) in [5, 5.41) is 31.8. The normalized spacial score (nSPS) is 11.1. The maximum Gasteiger partial charge on any atom is 0.303 e. The molecule has 0 radical (unpaired) electrons. The summed E-state index contributed by atoms with van der Waals surface area (Å²) in [4.78, 5) is 20.1. The number of carboxylic acids is 2. The Bertz CT molecular complexity index is 177. The van der Waals surface area contributed by atoms with E-state index in [4.69, 9.17) is 20.4 Å². The van der Waals surface area contributed by atoms with Crippen LogP contribution in [0.2, 0.25) is 0 Å². The van der Waals surface area contributed by atoms with Gasteiger partial charge in [-0.3, -0.25) is 9.59 Å². The van der Waals surface area contributed by atoms with E-state index in [2.05, 4.69) is 0 Å². The van der Waals surface area contributed by atoms with Crippen molar-refractivity contribution in [3.8, 4) is 0 Å². The Labute approximate surface area is 88.2 Å². The predicted molar refractivity (Wildman–Crippen MR) is 52.5 cm³/mol. The molecule has 0 spiro atoms. The van der Waals surface area contributed by atoms with Gasteiger partial charge < -0.3 is 20.4 Å². The van der Waals surface area contributed by atoms with Crippen LogP contribution in [0.4, 0.5) is 0 Å². The van der Waals surface area contributed by atoms with Crippen molar-refractivity contribution in [2.45, 2.75) is 26.2 Å². The zero-order chi connectivity index (χ0) is 12.3. The van der Waals surface area contributed by atoms with Gasteiger partial charge in [-0.25, -0.2) is 0 Å². The number of aliphatic carboxylic acids is 2. The summed E-state index contributed by atoms with van der Waals surface area (Å²) in [6, 6.07) is 0. The Hall–Kier alpha value is -1.14. The molecule has 0 saturated carbocycles. The van der Waals surface area contributed by atoms with Crippen molar-refractivity contribution in [1.29, 1.82) is 0 Å². The molecule has 6 nitrogen and oxygen atoms in total. The number of carboxylic acid groups (broad SMARTS) is 2. The third-order valence-electron chi connectivity index (χ3n) is 1.47. The van der Waals surface area contributed by atoms with E-state index < -0.39 is 11.9 Å². The lowest BCUT2D eigenvalue weighted by atomic mass is 10.0. The average molecular weight is 222 g/mol. The molecule has 90 valence electrons. The third-order valence-corrected chi connectivity index (χ3v) is 1.47. The highest BCUT2D eigenvalue weighted by atomic mass is 16.4. The van der Waals surface area contributed by atoms with Gasteiger partial charge in [0.2, 0.25) is 0 Å². The van der Waals surface area contributed by atoms with Crippen LogP contribution in [0.15, 0.2) is 0 Å². The molecule has 0 heterocycles. The zero-order valence-electron chi connectivity index (χ0n) is 8.72. The number of hydrogen-bond acceptors (Lipinski definition) is 4. The standard InChI is InChI=1S/C7H12O4.C2H6O2/c1-5(4-7(10)11)2-3-6(8)9;3-1-2-4/h5H,2-4H2,1H3,(H,8,9)(H,10,11);3-4H,1-2H2. The van der Waals surface area contributed by atoms with Crippen LogP contribution < -0.4 is 0 Å². The van der Waals surface area contributed by atoms with E-state index in [1.807, 2.05) is 0 Å². The summed E-state index contributed by atoms with van der Waals surface area (Å²) in [6.07, 6.45) is 0.531. The fourth-order valence-electron chi connectivity index (χ4n) is 0.770. The zero-order valence-corrected chi connectivity index (χ0v) is 8.72. The average Bonchev–Trinajstić information content (AvgIpc) is 2.14. The molecule has 0 amide bonds. The lowest BCUT2D eigenvalue weighted by Gasteiger charge is -2.04. The van der Waals surface area contributed by atoms with Gasteiger partial charge in [0.25, 0.3) is 0 Å². The number of rotatable bonds is 6. The summed E-state index contributed by atoms with van der Waals surface area (Å²) < 4.78 is 0. The fourth-order valence-corrected chi connectivity index (χ4v) is 0.770. The number of carbonyl (C=O) groups is 2. The van der Waals surface area contributed by atoms with Gasteiger partial charge in [-0.05, 0) is 12.3 Å². The van der Waals surface area contributed by atoms with Crippen LogP contribution in [0, 0.1) is 5.92 Å². The highest BCUT2D eigenvalue weighted by Gasteiger charge is 2.08. The van der Waals surface area contributed by atoms with Gasteiger partial charge in [-0.2, -0.15) is 0 Å². The van der Waals surface area contributed by atoms with E-state index in [-0.39, 0.29) is 32.0 Å². The van der Waals surface area contributed by atoms with Gasteiger partial charge in [0.1, 0.15) is 0 Å². The van der Waals surface area contributed by atoms with Crippen LogP contribution in [0.1, 0.15) is 26.2 Å². The number of aliphatic hydroxyl groups is 2. The maximum atomic E-state index is 10.1. The van der Waals surface area contributed by atoms with Crippen molar-refractivity contribution in [3.05, 3.63) is 0 Å². The van der Waals surface area contributed by atoms with Crippen LogP contribution in [0.3, 0.4) is 0 Å². The molecule has 0 aromatic heterocycles. The van der Waals surface area contributed by atoms with Crippen molar-refractivity contribution >= 4 is 11.9 Å². The van der Waals surface area contributed by atoms with E-state index in [0.717, 1.165) is 0 Å². The van der Waals surface area contributed by atoms with E-state index in [9.17, 15) is 9.59 Å². The minimum atomic E-state index is -0.873. The number of aliphatic hydroxyl groups excluding tert-OH is 2. The van der Waals surface area contributed by atoms with E-state index in [1.165, 1.54) is 0 Å². The minimum absolute atomic E-state index is 0.0489. The Morgan fingerprint density at radius 1 is 1.07 bits per heavy atom. The van der Waals surface area contributed by atoms with Crippen LogP contribution in [-0.2, 0) is 9.59 Å². The first kappa shape index (κ1) is 16.3. The van der Waals surface area contributed by atoms with Crippen LogP contribution in [-0.4, -0.2) is 45.6 Å². The minimum Gasteiger partial charge on any atom is -0.481 e. The molecule has 0 aromatic rings. The Balaban J connectivity index is 0. The van der Waals surface area contributed by atoms with E-state index >= 15 is 0 Å². The Kier molecular flexibility index (Phi) is 11.9. The van der Waals surface area contributed by atoms with Crippen LogP contribution >= 0.6 is 0 Å². The van der Waals surface area contributed by atoms with Gasteiger partial charge in [0, 0.05) is 12.8 Å². The quantitative estimate of drug-likeness (QED) is 0.500. The molecule has 0 aliphatic carbocycles. The molecule has 1 unspecified atom stereocenters. The van der Waals surface area contributed by atoms with Crippen LogP contribution in [0.5, 0.6) is 0 Å². The van der Waals surface area contributed by atoms with Crippen molar-refractivity contribution in [1.82, 2.24) is 0 Å². The van der Waals surface area contributed by atoms with E-state index in [0.29, 0.717) is 6.42 Å². The second kappa shape index (κ2) is 10.9. The second-order valence-electron chi connectivity index (χ2n) is 3.08. The summed E-state index contributed by atoms with van der Waals surface area (Å²) in [5.74, 6) is -1.80. The van der Waals surface area contributed by atoms with Crippen molar-refractivity contribution in [2.75, 3.05) is 13.2 Å². The first-order valence-electron chi connectivity index (χ1n) is 4.59.